The summed E-state index contributed by atoms with van der Waals surface area (Å²) in [6.45, 7) is 4.07. The van der Waals surface area contributed by atoms with E-state index in [9.17, 15) is 4.79 Å². The van der Waals surface area contributed by atoms with Gasteiger partial charge in [-0.1, -0.05) is 49.4 Å². The fourth-order valence-corrected chi connectivity index (χ4v) is 4.91. The number of methoxy groups -OCH3 is 1. The molecular weight excluding hydrogens is 460 g/mol. The fourth-order valence-electron chi connectivity index (χ4n) is 3.99. The normalized spacial score (nSPS) is 14.8. The Hall–Kier alpha value is -3.46. The zero-order valence-electron chi connectivity index (χ0n) is 20.8. The number of benzene rings is 2. The van der Waals surface area contributed by atoms with E-state index < -0.39 is 6.04 Å². The highest BCUT2D eigenvalue weighted by Crippen LogP contribution is 2.37. The molecule has 0 radical (unpaired) electrons. The lowest BCUT2D eigenvalue weighted by molar-refractivity contribution is -0.113. The Morgan fingerprint density at radius 3 is 2.63 bits per heavy atom. The van der Waals surface area contributed by atoms with Crippen LogP contribution in [0.4, 0.5) is 17.3 Å². The number of carbonyl (C=O) groups is 1. The van der Waals surface area contributed by atoms with Crippen molar-refractivity contribution in [2.45, 2.75) is 37.9 Å². The van der Waals surface area contributed by atoms with E-state index in [1.165, 1.54) is 0 Å². The van der Waals surface area contributed by atoms with Crippen LogP contribution < -0.4 is 20.3 Å². The van der Waals surface area contributed by atoms with E-state index >= 15 is 0 Å². The van der Waals surface area contributed by atoms with Crippen molar-refractivity contribution < 1.29 is 9.53 Å². The number of nitrogens with zero attached hydrogens (tertiary/aromatic N) is 4. The molecule has 4 rings (SSSR count). The minimum Gasteiger partial charge on any atom is -0.495 e. The molecule has 1 atom stereocenters. The average Bonchev–Trinajstić information content (AvgIpc) is 3.25. The van der Waals surface area contributed by atoms with Crippen molar-refractivity contribution in [1.29, 1.82) is 0 Å². The first kappa shape index (κ1) is 24.7. The molecule has 1 aromatic heterocycles. The Balaban J connectivity index is 1.74. The van der Waals surface area contributed by atoms with E-state index in [2.05, 4.69) is 29.7 Å². The molecule has 0 fully saturated rings. The highest BCUT2D eigenvalue weighted by atomic mass is 32.2. The molecule has 9 heteroatoms. The summed E-state index contributed by atoms with van der Waals surface area (Å²) in [6.07, 6.45) is 2.22. The zero-order chi connectivity index (χ0) is 24.9. The lowest BCUT2D eigenvalue weighted by Crippen LogP contribution is -2.31. The molecule has 35 heavy (non-hydrogen) atoms. The topological polar surface area (TPSA) is 84.3 Å². The highest BCUT2D eigenvalue weighted by molar-refractivity contribution is 7.99. The molecule has 0 aliphatic carbocycles. The number of ether oxygens (including phenoxy) is 1. The standard InChI is InChI=1S/C26H32N6O2S/c1-6-7-16-35-26-29-25-27-17(2)22(24(33)28-20-10-8-9-11-21(20)34-5)23(32(25)30-26)18-12-14-19(15-13-18)31(3)4/h8-15,23H,6-7,16H2,1-5H3,(H,28,33)(H,27,29,30). The molecule has 0 saturated carbocycles. The van der Waals surface area contributed by atoms with Crippen molar-refractivity contribution in [3.05, 3.63) is 65.4 Å². The highest BCUT2D eigenvalue weighted by Gasteiger charge is 2.34. The first-order chi connectivity index (χ1) is 16.9. The Bertz CT molecular complexity index is 1220. The second-order valence-electron chi connectivity index (χ2n) is 8.57. The molecule has 1 aliphatic heterocycles. The monoisotopic (exact) mass is 492 g/mol. The Kier molecular flexibility index (Phi) is 7.65. The van der Waals surface area contributed by atoms with Crippen molar-refractivity contribution in [2.24, 2.45) is 0 Å². The molecule has 1 aliphatic rings. The van der Waals surface area contributed by atoms with Crippen LogP contribution in [-0.4, -0.2) is 47.6 Å². The van der Waals surface area contributed by atoms with E-state index in [-0.39, 0.29) is 5.91 Å². The van der Waals surface area contributed by atoms with Crippen molar-refractivity contribution >= 4 is 35.0 Å². The minimum absolute atomic E-state index is 0.220. The van der Waals surface area contributed by atoms with Gasteiger partial charge < -0.3 is 20.3 Å². The summed E-state index contributed by atoms with van der Waals surface area (Å²) in [6, 6.07) is 15.2. The number of hydrogen-bond acceptors (Lipinski definition) is 7. The van der Waals surface area contributed by atoms with Gasteiger partial charge in [-0.3, -0.25) is 4.79 Å². The smallest absolute Gasteiger partial charge is 0.255 e. The Labute approximate surface area is 210 Å². The maximum atomic E-state index is 13.7. The number of allylic oxidation sites excluding steroid dienone is 1. The predicted octanol–water partition coefficient (Wildman–Crippen LogP) is 5.17. The summed E-state index contributed by atoms with van der Waals surface area (Å²) in [5.74, 6) is 1.97. The molecular formula is C26H32N6O2S. The van der Waals surface area contributed by atoms with Crippen LogP contribution in [0.25, 0.3) is 0 Å². The van der Waals surface area contributed by atoms with Crippen LogP contribution in [0.1, 0.15) is 38.3 Å². The molecule has 1 amide bonds. The number of aromatic nitrogens is 3. The van der Waals surface area contributed by atoms with Crippen molar-refractivity contribution in [2.75, 3.05) is 42.5 Å². The molecule has 2 aromatic carbocycles. The molecule has 0 bridgehead atoms. The van der Waals surface area contributed by atoms with Crippen LogP contribution in [0.5, 0.6) is 5.75 Å². The van der Waals surface area contributed by atoms with Crippen molar-refractivity contribution in [1.82, 2.24) is 14.8 Å². The quantitative estimate of drug-likeness (QED) is 0.315. The maximum Gasteiger partial charge on any atom is 0.255 e. The van der Waals surface area contributed by atoms with Gasteiger partial charge in [0.25, 0.3) is 5.91 Å². The molecule has 2 N–H and O–H groups in total. The summed E-state index contributed by atoms with van der Waals surface area (Å²) in [4.78, 5) is 20.4. The maximum absolute atomic E-state index is 13.7. The van der Waals surface area contributed by atoms with Gasteiger partial charge in [0, 0.05) is 31.2 Å². The van der Waals surface area contributed by atoms with Gasteiger partial charge in [-0.25, -0.2) is 4.68 Å². The van der Waals surface area contributed by atoms with Crippen LogP contribution in [0.15, 0.2) is 65.0 Å². The number of amides is 1. The first-order valence-corrected chi connectivity index (χ1v) is 12.7. The van der Waals surface area contributed by atoms with Gasteiger partial charge in [0.05, 0.1) is 18.4 Å². The van der Waals surface area contributed by atoms with E-state index in [4.69, 9.17) is 14.8 Å². The predicted molar refractivity (Wildman–Crippen MR) is 143 cm³/mol. The van der Waals surface area contributed by atoms with Crippen LogP contribution in [0, 0.1) is 0 Å². The lowest BCUT2D eigenvalue weighted by atomic mass is 9.94. The average molecular weight is 493 g/mol. The third kappa shape index (κ3) is 5.30. The number of nitrogens with one attached hydrogen (secondary N) is 2. The van der Waals surface area contributed by atoms with Crippen LogP contribution in [0.3, 0.4) is 0 Å². The number of unbranched alkanes of at least 4 members (excludes halogenated alkanes) is 1. The number of anilines is 3. The summed E-state index contributed by atoms with van der Waals surface area (Å²) in [5, 5.41) is 11.8. The summed E-state index contributed by atoms with van der Waals surface area (Å²) in [5.41, 5.74) is 3.97. The van der Waals surface area contributed by atoms with Gasteiger partial charge in [0.2, 0.25) is 11.1 Å². The van der Waals surface area contributed by atoms with E-state index in [1.807, 2.05) is 67.0 Å². The number of para-hydroxylation sites is 2. The second-order valence-corrected chi connectivity index (χ2v) is 9.63. The van der Waals surface area contributed by atoms with Gasteiger partial charge in [-0.15, -0.1) is 5.10 Å². The number of hydrogen-bond donors (Lipinski definition) is 2. The van der Waals surface area contributed by atoms with Gasteiger partial charge in [-0.2, -0.15) is 4.98 Å². The van der Waals surface area contributed by atoms with Crippen LogP contribution >= 0.6 is 11.8 Å². The van der Waals surface area contributed by atoms with Crippen LogP contribution in [0.2, 0.25) is 0 Å². The molecule has 0 saturated heterocycles. The number of thioether (sulfide) groups is 1. The van der Waals surface area contributed by atoms with Crippen molar-refractivity contribution in [3.63, 3.8) is 0 Å². The number of rotatable bonds is 9. The second kappa shape index (κ2) is 10.9. The first-order valence-electron chi connectivity index (χ1n) is 11.7. The van der Waals surface area contributed by atoms with Crippen LogP contribution in [-0.2, 0) is 4.79 Å². The molecule has 2 heterocycles. The third-order valence-electron chi connectivity index (χ3n) is 5.89. The molecule has 184 valence electrons. The molecule has 0 spiro atoms. The SMILES string of the molecule is CCCCSc1nc2n(n1)C(c1ccc(N(C)C)cc1)C(C(=O)Nc1ccccc1OC)=C(C)N2. The Morgan fingerprint density at radius 1 is 1.20 bits per heavy atom. The fraction of sp³-hybridized carbons (Fsp3) is 0.346. The van der Waals surface area contributed by atoms with Gasteiger partial charge >= 0.3 is 0 Å². The van der Waals surface area contributed by atoms with Gasteiger partial charge in [0.15, 0.2) is 0 Å². The molecule has 1 unspecified atom stereocenters. The van der Waals surface area contributed by atoms with Gasteiger partial charge in [0.1, 0.15) is 11.8 Å². The lowest BCUT2D eigenvalue weighted by Gasteiger charge is -2.29. The number of carbonyl (C=O) groups excluding carboxylic acids is 1. The zero-order valence-corrected chi connectivity index (χ0v) is 21.6. The summed E-state index contributed by atoms with van der Waals surface area (Å²) < 4.78 is 7.25. The molecule has 8 nitrogen and oxygen atoms in total. The van der Waals surface area contributed by atoms with E-state index in [1.54, 1.807) is 18.9 Å². The number of fused-ring (bicyclic) bond motifs is 1. The van der Waals surface area contributed by atoms with E-state index in [0.29, 0.717) is 28.1 Å². The Morgan fingerprint density at radius 2 is 1.94 bits per heavy atom. The van der Waals surface area contributed by atoms with Gasteiger partial charge in [-0.05, 0) is 43.2 Å². The summed E-state index contributed by atoms with van der Waals surface area (Å²) >= 11 is 1.64. The third-order valence-corrected chi connectivity index (χ3v) is 6.81. The molecule has 3 aromatic rings. The summed E-state index contributed by atoms with van der Waals surface area (Å²) in [7, 11) is 5.60. The van der Waals surface area contributed by atoms with E-state index in [0.717, 1.165) is 35.5 Å². The minimum atomic E-state index is -0.426. The largest absolute Gasteiger partial charge is 0.495 e. The van der Waals surface area contributed by atoms with Crippen molar-refractivity contribution in [3.8, 4) is 5.75 Å².